The molecule has 1 heterocycles. The maximum atomic E-state index is 12.6. The molecule has 0 aromatic heterocycles. The summed E-state index contributed by atoms with van der Waals surface area (Å²) in [4.78, 5) is 28.4. The minimum atomic E-state index is -1.16. The second-order valence-electron chi connectivity index (χ2n) is 6.33. The van der Waals surface area contributed by atoms with Gasteiger partial charge in [0, 0.05) is 36.8 Å². The van der Waals surface area contributed by atoms with Crippen molar-refractivity contribution in [3.63, 3.8) is 0 Å². The van der Waals surface area contributed by atoms with E-state index in [-0.39, 0.29) is 11.8 Å². The third-order valence-corrected chi connectivity index (χ3v) is 4.96. The monoisotopic (exact) mass is 336 g/mol. The quantitative estimate of drug-likeness (QED) is 0.897. The van der Waals surface area contributed by atoms with E-state index in [9.17, 15) is 14.7 Å². The zero-order valence-corrected chi connectivity index (χ0v) is 13.8. The summed E-state index contributed by atoms with van der Waals surface area (Å²) in [5.41, 5.74) is -0.596. The molecule has 1 aromatic carbocycles. The molecule has 2 fully saturated rings. The first-order chi connectivity index (χ1) is 11.0. The van der Waals surface area contributed by atoms with Gasteiger partial charge < -0.3 is 14.9 Å². The normalized spacial score (nSPS) is 20.6. The number of carbonyl (C=O) groups is 2. The molecule has 23 heavy (non-hydrogen) atoms. The highest BCUT2D eigenvalue weighted by Gasteiger charge is 2.44. The van der Waals surface area contributed by atoms with Gasteiger partial charge in [0.15, 0.2) is 0 Å². The molecule has 124 valence electrons. The SMILES string of the molecule is O=C(c1cccc(Cl)c1)N1CCCN(C(=O)C2(O)CCC2)CC1. The van der Waals surface area contributed by atoms with Crippen LogP contribution in [-0.2, 0) is 4.79 Å². The first-order valence-electron chi connectivity index (χ1n) is 8.06. The lowest BCUT2D eigenvalue weighted by molar-refractivity contribution is -0.160. The predicted molar refractivity (Wildman–Crippen MR) is 87.4 cm³/mol. The van der Waals surface area contributed by atoms with Crippen molar-refractivity contribution in [3.8, 4) is 0 Å². The Morgan fingerprint density at radius 2 is 1.74 bits per heavy atom. The Balaban J connectivity index is 1.64. The summed E-state index contributed by atoms with van der Waals surface area (Å²) >= 11 is 5.95. The van der Waals surface area contributed by atoms with Crippen LogP contribution in [0.4, 0.5) is 0 Å². The molecule has 0 radical (unpaired) electrons. The lowest BCUT2D eigenvalue weighted by Crippen LogP contribution is -2.54. The van der Waals surface area contributed by atoms with Gasteiger partial charge in [-0.1, -0.05) is 17.7 Å². The van der Waals surface area contributed by atoms with Gasteiger partial charge in [-0.25, -0.2) is 0 Å². The van der Waals surface area contributed by atoms with E-state index in [1.165, 1.54) is 0 Å². The number of amides is 2. The maximum absolute atomic E-state index is 12.6. The third-order valence-electron chi connectivity index (χ3n) is 4.72. The summed E-state index contributed by atoms with van der Waals surface area (Å²) < 4.78 is 0. The van der Waals surface area contributed by atoms with E-state index in [1.807, 2.05) is 0 Å². The highest BCUT2D eigenvalue weighted by molar-refractivity contribution is 6.30. The van der Waals surface area contributed by atoms with Crippen LogP contribution in [0.25, 0.3) is 0 Å². The Morgan fingerprint density at radius 1 is 1.04 bits per heavy atom. The van der Waals surface area contributed by atoms with E-state index in [0.29, 0.717) is 56.0 Å². The number of aliphatic hydroxyl groups is 1. The van der Waals surface area contributed by atoms with E-state index in [4.69, 9.17) is 11.6 Å². The summed E-state index contributed by atoms with van der Waals surface area (Å²) in [6.45, 7) is 2.13. The van der Waals surface area contributed by atoms with Crippen molar-refractivity contribution >= 4 is 23.4 Å². The number of rotatable bonds is 2. The molecule has 3 rings (SSSR count). The van der Waals surface area contributed by atoms with Gasteiger partial charge in [-0.2, -0.15) is 0 Å². The Hall–Kier alpha value is -1.59. The molecular weight excluding hydrogens is 316 g/mol. The van der Waals surface area contributed by atoms with Crippen LogP contribution in [0.15, 0.2) is 24.3 Å². The maximum Gasteiger partial charge on any atom is 0.254 e. The van der Waals surface area contributed by atoms with Crippen molar-refractivity contribution in [2.24, 2.45) is 0 Å². The molecule has 1 saturated carbocycles. The summed E-state index contributed by atoms with van der Waals surface area (Å²) in [5, 5.41) is 10.8. The van der Waals surface area contributed by atoms with Crippen LogP contribution in [0.1, 0.15) is 36.0 Å². The number of hydrogen-bond donors (Lipinski definition) is 1. The highest BCUT2D eigenvalue weighted by atomic mass is 35.5. The van der Waals surface area contributed by atoms with Gasteiger partial charge in [0.2, 0.25) is 0 Å². The Labute approximate surface area is 140 Å². The molecule has 1 N–H and O–H groups in total. The molecule has 0 spiro atoms. The summed E-state index contributed by atoms with van der Waals surface area (Å²) in [5.74, 6) is -0.245. The van der Waals surface area contributed by atoms with E-state index in [0.717, 1.165) is 6.42 Å². The van der Waals surface area contributed by atoms with Crippen molar-refractivity contribution in [1.82, 2.24) is 9.80 Å². The van der Waals surface area contributed by atoms with Crippen molar-refractivity contribution in [3.05, 3.63) is 34.9 Å². The van der Waals surface area contributed by atoms with Gasteiger partial charge in [-0.15, -0.1) is 0 Å². The van der Waals surface area contributed by atoms with Crippen molar-refractivity contribution < 1.29 is 14.7 Å². The van der Waals surface area contributed by atoms with E-state index < -0.39 is 5.60 Å². The third kappa shape index (κ3) is 3.35. The molecule has 0 unspecified atom stereocenters. The highest BCUT2D eigenvalue weighted by Crippen LogP contribution is 2.33. The summed E-state index contributed by atoms with van der Waals surface area (Å²) in [6.07, 6.45) is 2.71. The minimum absolute atomic E-state index is 0.0656. The summed E-state index contributed by atoms with van der Waals surface area (Å²) in [7, 11) is 0. The topological polar surface area (TPSA) is 60.9 Å². The molecule has 0 atom stereocenters. The first-order valence-corrected chi connectivity index (χ1v) is 8.44. The predicted octanol–water partition coefficient (Wildman–Crippen LogP) is 1.93. The zero-order valence-electron chi connectivity index (χ0n) is 13.0. The average Bonchev–Trinajstić information content (AvgIpc) is 2.77. The van der Waals surface area contributed by atoms with Gasteiger partial charge >= 0.3 is 0 Å². The summed E-state index contributed by atoms with van der Waals surface area (Å²) in [6, 6.07) is 6.91. The number of carbonyl (C=O) groups excluding carboxylic acids is 2. The second-order valence-corrected chi connectivity index (χ2v) is 6.77. The Kier molecular flexibility index (Phi) is 4.60. The Bertz CT molecular complexity index is 616. The molecule has 2 aliphatic rings. The first kappa shape index (κ1) is 16.3. The molecular formula is C17H21ClN2O3. The van der Waals surface area contributed by atoms with Crippen LogP contribution in [0.3, 0.4) is 0 Å². The van der Waals surface area contributed by atoms with Crippen LogP contribution in [0, 0.1) is 0 Å². The van der Waals surface area contributed by atoms with Crippen molar-refractivity contribution in [2.75, 3.05) is 26.2 Å². The van der Waals surface area contributed by atoms with Crippen LogP contribution < -0.4 is 0 Å². The fourth-order valence-electron chi connectivity index (χ4n) is 3.15. The molecule has 0 bridgehead atoms. The van der Waals surface area contributed by atoms with Gasteiger partial charge in [0.1, 0.15) is 5.60 Å². The smallest absolute Gasteiger partial charge is 0.254 e. The van der Waals surface area contributed by atoms with E-state index in [2.05, 4.69) is 0 Å². The zero-order chi connectivity index (χ0) is 16.4. The fourth-order valence-corrected chi connectivity index (χ4v) is 3.34. The largest absolute Gasteiger partial charge is 0.380 e. The Morgan fingerprint density at radius 3 is 2.39 bits per heavy atom. The van der Waals surface area contributed by atoms with Crippen LogP contribution >= 0.6 is 11.6 Å². The molecule has 1 aliphatic heterocycles. The van der Waals surface area contributed by atoms with Gasteiger partial charge in [-0.3, -0.25) is 9.59 Å². The van der Waals surface area contributed by atoms with Crippen molar-refractivity contribution in [1.29, 1.82) is 0 Å². The van der Waals surface area contributed by atoms with Gasteiger partial charge in [-0.05, 0) is 43.9 Å². The standard InChI is InChI=1S/C17H21ClN2O3/c18-14-5-1-4-13(12-14)15(21)19-8-3-9-20(11-10-19)16(22)17(23)6-2-7-17/h1,4-5,12,23H,2-3,6-11H2. The second kappa shape index (κ2) is 6.49. The molecule has 1 saturated heterocycles. The van der Waals surface area contributed by atoms with E-state index in [1.54, 1.807) is 34.1 Å². The molecule has 2 amide bonds. The molecule has 1 aromatic rings. The van der Waals surface area contributed by atoms with Crippen LogP contribution in [-0.4, -0.2) is 58.5 Å². The lowest BCUT2D eigenvalue weighted by atomic mass is 9.79. The van der Waals surface area contributed by atoms with E-state index >= 15 is 0 Å². The van der Waals surface area contributed by atoms with Gasteiger partial charge in [0.25, 0.3) is 11.8 Å². The van der Waals surface area contributed by atoms with Crippen LogP contribution in [0.2, 0.25) is 5.02 Å². The average molecular weight is 337 g/mol. The molecule has 5 nitrogen and oxygen atoms in total. The van der Waals surface area contributed by atoms with Crippen molar-refractivity contribution in [2.45, 2.75) is 31.3 Å². The number of halogens is 1. The van der Waals surface area contributed by atoms with Gasteiger partial charge in [0.05, 0.1) is 0 Å². The lowest BCUT2D eigenvalue weighted by Gasteiger charge is -2.38. The van der Waals surface area contributed by atoms with Crippen LogP contribution in [0.5, 0.6) is 0 Å². The minimum Gasteiger partial charge on any atom is -0.380 e. The number of nitrogens with zero attached hydrogens (tertiary/aromatic N) is 2. The molecule has 1 aliphatic carbocycles. The number of hydrogen-bond acceptors (Lipinski definition) is 3. The fraction of sp³-hybridized carbons (Fsp3) is 0.529. The molecule has 6 heteroatoms. The number of benzene rings is 1.